The smallest absolute Gasteiger partial charge is 0.126 e. The molecule has 2 rings (SSSR count). The van der Waals surface area contributed by atoms with Crippen LogP contribution in [0.3, 0.4) is 0 Å². The Morgan fingerprint density at radius 1 is 1.27 bits per heavy atom. The van der Waals surface area contributed by atoms with Crippen molar-refractivity contribution in [1.82, 2.24) is 0 Å². The number of benzene rings is 1. The highest BCUT2D eigenvalue weighted by Crippen LogP contribution is 2.31. The van der Waals surface area contributed by atoms with Gasteiger partial charge in [0.2, 0.25) is 0 Å². The maximum absolute atomic E-state index is 13.4. The maximum atomic E-state index is 13.4. The lowest BCUT2D eigenvalue weighted by atomic mass is 10.0. The third-order valence-electron chi connectivity index (χ3n) is 2.49. The molecule has 0 aliphatic carbocycles. The Kier molecular flexibility index (Phi) is 2.84. The van der Waals surface area contributed by atoms with Crippen molar-refractivity contribution in [2.24, 2.45) is 5.73 Å². The van der Waals surface area contributed by atoms with E-state index in [1.807, 2.05) is 17.5 Å². The summed E-state index contributed by atoms with van der Waals surface area (Å²) in [6.45, 7) is 2.30. The van der Waals surface area contributed by atoms with Crippen molar-refractivity contribution in [2.75, 3.05) is 0 Å². The van der Waals surface area contributed by atoms with Crippen LogP contribution >= 0.6 is 11.3 Å². The molecule has 78 valence electrons. The van der Waals surface area contributed by atoms with Crippen LogP contribution in [0.1, 0.15) is 10.4 Å². The Balaban J connectivity index is 2.59. The molecule has 0 unspecified atom stereocenters. The van der Waals surface area contributed by atoms with Gasteiger partial charge in [0.05, 0.1) is 0 Å². The summed E-state index contributed by atoms with van der Waals surface area (Å²) in [5, 5.41) is 1.99. The van der Waals surface area contributed by atoms with Crippen molar-refractivity contribution in [2.45, 2.75) is 13.5 Å². The van der Waals surface area contributed by atoms with Gasteiger partial charge in [-0.3, -0.25) is 0 Å². The van der Waals surface area contributed by atoms with Crippen LogP contribution < -0.4 is 5.73 Å². The van der Waals surface area contributed by atoms with E-state index in [9.17, 15) is 4.39 Å². The standard InChI is InChI=1S/C12H12FNS/c1-8-9(3-2-4-11(8)13)10-5-6-15-12(10)7-14/h2-6H,7,14H2,1H3. The zero-order valence-corrected chi connectivity index (χ0v) is 9.27. The predicted octanol–water partition coefficient (Wildman–Crippen LogP) is 3.32. The quantitative estimate of drug-likeness (QED) is 0.827. The van der Waals surface area contributed by atoms with Gasteiger partial charge < -0.3 is 5.73 Å². The Hall–Kier alpha value is -1.19. The van der Waals surface area contributed by atoms with E-state index in [-0.39, 0.29) is 5.82 Å². The van der Waals surface area contributed by atoms with Gasteiger partial charge in [-0.05, 0) is 41.1 Å². The maximum Gasteiger partial charge on any atom is 0.126 e. The molecule has 15 heavy (non-hydrogen) atoms. The van der Waals surface area contributed by atoms with Gasteiger partial charge in [0.1, 0.15) is 5.82 Å². The predicted molar refractivity (Wildman–Crippen MR) is 62.3 cm³/mol. The lowest BCUT2D eigenvalue weighted by Gasteiger charge is -2.06. The highest BCUT2D eigenvalue weighted by molar-refractivity contribution is 7.10. The SMILES string of the molecule is Cc1c(F)cccc1-c1ccsc1CN. The molecule has 1 aromatic carbocycles. The molecule has 0 spiro atoms. The van der Waals surface area contributed by atoms with E-state index in [1.165, 1.54) is 6.07 Å². The summed E-state index contributed by atoms with van der Waals surface area (Å²) < 4.78 is 13.4. The molecule has 0 amide bonds. The van der Waals surface area contributed by atoms with Crippen LogP contribution in [0, 0.1) is 12.7 Å². The normalized spacial score (nSPS) is 10.6. The van der Waals surface area contributed by atoms with Crippen molar-refractivity contribution in [1.29, 1.82) is 0 Å². The second-order valence-corrected chi connectivity index (χ2v) is 4.37. The zero-order valence-electron chi connectivity index (χ0n) is 8.46. The topological polar surface area (TPSA) is 26.0 Å². The van der Waals surface area contributed by atoms with E-state index < -0.39 is 0 Å². The minimum Gasteiger partial charge on any atom is -0.326 e. The van der Waals surface area contributed by atoms with Crippen molar-refractivity contribution in [3.05, 3.63) is 45.9 Å². The van der Waals surface area contributed by atoms with E-state index in [4.69, 9.17) is 5.73 Å². The first-order valence-electron chi connectivity index (χ1n) is 4.76. The molecule has 0 atom stereocenters. The monoisotopic (exact) mass is 221 g/mol. The zero-order chi connectivity index (χ0) is 10.8. The molecule has 1 nitrogen and oxygen atoms in total. The molecule has 0 aliphatic rings. The fourth-order valence-electron chi connectivity index (χ4n) is 1.64. The van der Waals surface area contributed by atoms with Gasteiger partial charge in [-0.25, -0.2) is 4.39 Å². The van der Waals surface area contributed by atoms with E-state index in [2.05, 4.69) is 0 Å². The average molecular weight is 221 g/mol. The molecule has 0 radical (unpaired) electrons. The van der Waals surface area contributed by atoms with Gasteiger partial charge in [-0.15, -0.1) is 11.3 Å². The lowest BCUT2D eigenvalue weighted by molar-refractivity contribution is 0.619. The molecule has 0 saturated heterocycles. The number of hydrogen-bond donors (Lipinski definition) is 1. The van der Waals surface area contributed by atoms with Gasteiger partial charge in [0.15, 0.2) is 0 Å². The Bertz CT molecular complexity index is 476. The Morgan fingerprint density at radius 2 is 2.07 bits per heavy atom. The molecular weight excluding hydrogens is 209 g/mol. The number of halogens is 1. The fraction of sp³-hybridized carbons (Fsp3) is 0.167. The highest BCUT2D eigenvalue weighted by Gasteiger charge is 2.09. The van der Waals surface area contributed by atoms with Crippen molar-refractivity contribution in [3.63, 3.8) is 0 Å². The van der Waals surface area contributed by atoms with Crippen LogP contribution in [0.2, 0.25) is 0 Å². The van der Waals surface area contributed by atoms with Gasteiger partial charge in [-0.1, -0.05) is 12.1 Å². The van der Waals surface area contributed by atoms with Gasteiger partial charge in [0, 0.05) is 11.4 Å². The van der Waals surface area contributed by atoms with Crippen LogP contribution in [0.25, 0.3) is 11.1 Å². The third-order valence-corrected chi connectivity index (χ3v) is 3.43. The van der Waals surface area contributed by atoms with Crippen LogP contribution in [0.4, 0.5) is 4.39 Å². The largest absolute Gasteiger partial charge is 0.326 e. The Morgan fingerprint density at radius 3 is 2.80 bits per heavy atom. The van der Waals surface area contributed by atoms with Crippen LogP contribution in [0.15, 0.2) is 29.6 Å². The van der Waals surface area contributed by atoms with Gasteiger partial charge in [-0.2, -0.15) is 0 Å². The average Bonchev–Trinajstić information content (AvgIpc) is 2.70. The second-order valence-electron chi connectivity index (χ2n) is 3.37. The minimum absolute atomic E-state index is 0.165. The molecule has 1 heterocycles. The molecule has 0 bridgehead atoms. The summed E-state index contributed by atoms with van der Waals surface area (Å²) in [6.07, 6.45) is 0. The summed E-state index contributed by atoms with van der Waals surface area (Å²) in [5.41, 5.74) is 8.32. The van der Waals surface area contributed by atoms with E-state index >= 15 is 0 Å². The van der Waals surface area contributed by atoms with Crippen molar-refractivity contribution < 1.29 is 4.39 Å². The summed E-state index contributed by atoms with van der Waals surface area (Å²) >= 11 is 1.61. The van der Waals surface area contributed by atoms with E-state index in [0.717, 1.165) is 16.0 Å². The molecule has 0 saturated carbocycles. The molecule has 1 aromatic heterocycles. The van der Waals surface area contributed by atoms with Crippen molar-refractivity contribution >= 4 is 11.3 Å². The summed E-state index contributed by atoms with van der Waals surface area (Å²) in [5.74, 6) is -0.165. The van der Waals surface area contributed by atoms with E-state index in [1.54, 1.807) is 24.3 Å². The molecule has 0 fully saturated rings. The number of rotatable bonds is 2. The number of nitrogens with two attached hydrogens (primary N) is 1. The van der Waals surface area contributed by atoms with Crippen molar-refractivity contribution in [3.8, 4) is 11.1 Å². The second kappa shape index (κ2) is 4.13. The van der Waals surface area contributed by atoms with E-state index in [0.29, 0.717) is 12.1 Å². The molecule has 2 aromatic rings. The number of thiophene rings is 1. The fourth-order valence-corrected chi connectivity index (χ4v) is 2.41. The van der Waals surface area contributed by atoms with Gasteiger partial charge >= 0.3 is 0 Å². The Labute approximate surface area is 92.4 Å². The molecule has 3 heteroatoms. The molecule has 2 N–H and O–H groups in total. The summed E-state index contributed by atoms with van der Waals surface area (Å²) in [7, 11) is 0. The van der Waals surface area contributed by atoms with Crippen LogP contribution in [0.5, 0.6) is 0 Å². The third kappa shape index (κ3) is 1.80. The first-order chi connectivity index (χ1) is 7.24. The van der Waals surface area contributed by atoms with Crippen LogP contribution in [-0.4, -0.2) is 0 Å². The number of hydrogen-bond acceptors (Lipinski definition) is 2. The van der Waals surface area contributed by atoms with Crippen LogP contribution in [-0.2, 0) is 6.54 Å². The first-order valence-corrected chi connectivity index (χ1v) is 5.64. The summed E-state index contributed by atoms with van der Waals surface area (Å²) in [4.78, 5) is 1.10. The molecule has 0 aliphatic heterocycles. The lowest BCUT2D eigenvalue weighted by Crippen LogP contribution is -1.96. The minimum atomic E-state index is -0.165. The first kappa shape index (κ1) is 10.3. The molecular formula is C12H12FNS. The van der Waals surface area contributed by atoms with Gasteiger partial charge in [0.25, 0.3) is 0 Å². The summed E-state index contributed by atoms with van der Waals surface area (Å²) in [6, 6.07) is 7.14. The highest BCUT2D eigenvalue weighted by atomic mass is 32.1.